The molecular weight excluding hydrogens is 422 g/mol. The lowest BCUT2D eigenvalue weighted by Crippen LogP contribution is -2.38. The normalized spacial score (nSPS) is 14.7. The molecule has 0 unspecified atom stereocenters. The molecule has 0 saturated carbocycles. The second-order valence-corrected chi connectivity index (χ2v) is 7.43. The number of amides is 4. The number of nitrogens with one attached hydrogen (secondary N) is 2. The summed E-state index contributed by atoms with van der Waals surface area (Å²) >= 11 is 0.859. The molecular formula is C21H21N3O6S. The Morgan fingerprint density at radius 2 is 1.90 bits per heavy atom. The molecule has 3 rings (SSSR count). The Kier molecular flexibility index (Phi) is 7.50. The topological polar surface area (TPSA) is 118 Å². The van der Waals surface area contributed by atoms with Crippen molar-refractivity contribution in [2.45, 2.75) is 6.42 Å². The van der Waals surface area contributed by atoms with E-state index in [0.717, 1.165) is 22.2 Å². The van der Waals surface area contributed by atoms with Gasteiger partial charge in [0.05, 0.1) is 18.3 Å². The van der Waals surface area contributed by atoms with E-state index in [1.54, 1.807) is 43.5 Å². The first-order valence-electron chi connectivity index (χ1n) is 9.46. The first-order chi connectivity index (χ1) is 15.0. The Morgan fingerprint density at radius 3 is 2.58 bits per heavy atom. The van der Waals surface area contributed by atoms with Crippen LogP contribution in [0, 0.1) is 0 Å². The number of nitrogens with zero attached hydrogens (tertiary/aromatic N) is 1. The van der Waals surface area contributed by atoms with E-state index in [4.69, 9.17) is 9.15 Å². The van der Waals surface area contributed by atoms with Crippen LogP contribution in [0.4, 0.5) is 4.79 Å². The van der Waals surface area contributed by atoms with Crippen molar-refractivity contribution in [3.05, 3.63) is 58.9 Å². The van der Waals surface area contributed by atoms with E-state index < -0.39 is 11.8 Å². The molecule has 1 aromatic carbocycles. The maximum absolute atomic E-state index is 12.5. The molecule has 9 nitrogen and oxygen atoms in total. The average Bonchev–Trinajstić information content (AvgIpc) is 3.39. The molecule has 31 heavy (non-hydrogen) atoms. The van der Waals surface area contributed by atoms with Gasteiger partial charge in [-0.05, 0) is 47.7 Å². The number of furan rings is 1. The minimum atomic E-state index is -0.403. The Bertz CT molecular complexity index is 985. The lowest BCUT2D eigenvalue weighted by Gasteiger charge is -2.13. The molecule has 0 spiro atoms. The zero-order valence-electron chi connectivity index (χ0n) is 16.8. The van der Waals surface area contributed by atoms with E-state index in [0.29, 0.717) is 10.7 Å². The summed E-state index contributed by atoms with van der Waals surface area (Å²) in [5, 5.41) is 4.82. The average molecular weight is 443 g/mol. The third-order valence-corrected chi connectivity index (χ3v) is 5.23. The van der Waals surface area contributed by atoms with Crippen molar-refractivity contribution in [3.8, 4) is 5.75 Å². The summed E-state index contributed by atoms with van der Waals surface area (Å²) < 4.78 is 10.1. The third kappa shape index (κ3) is 5.98. The molecule has 1 aromatic heterocycles. The van der Waals surface area contributed by atoms with Crippen molar-refractivity contribution < 1.29 is 28.3 Å². The number of imide groups is 1. The molecule has 0 atom stereocenters. The summed E-state index contributed by atoms with van der Waals surface area (Å²) in [5.74, 6) is -0.241. The zero-order chi connectivity index (χ0) is 22.2. The summed E-state index contributed by atoms with van der Waals surface area (Å²) in [6, 6.07) is 10.2. The maximum Gasteiger partial charge on any atom is 0.293 e. The smallest absolute Gasteiger partial charge is 0.293 e. The number of carbonyl (C=O) groups is 4. The maximum atomic E-state index is 12.5. The zero-order valence-corrected chi connectivity index (χ0v) is 17.6. The lowest BCUT2D eigenvalue weighted by atomic mass is 10.2. The summed E-state index contributed by atoms with van der Waals surface area (Å²) in [7, 11) is 1.57. The number of thioether (sulfide) groups is 1. The van der Waals surface area contributed by atoms with Gasteiger partial charge in [-0.2, -0.15) is 0 Å². The second kappa shape index (κ2) is 10.5. The number of methoxy groups -OCH3 is 1. The first-order valence-corrected chi connectivity index (χ1v) is 10.3. The van der Waals surface area contributed by atoms with Crippen LogP contribution in [0.2, 0.25) is 0 Å². The van der Waals surface area contributed by atoms with Gasteiger partial charge in [0.25, 0.3) is 17.1 Å². The van der Waals surface area contributed by atoms with Crippen LogP contribution in [0.15, 0.2) is 52.0 Å². The van der Waals surface area contributed by atoms with E-state index in [1.807, 2.05) is 0 Å². The first kappa shape index (κ1) is 22.2. The van der Waals surface area contributed by atoms with Gasteiger partial charge in [-0.15, -0.1) is 0 Å². The third-order valence-electron chi connectivity index (χ3n) is 4.33. The predicted molar refractivity (Wildman–Crippen MR) is 114 cm³/mol. The van der Waals surface area contributed by atoms with Crippen LogP contribution in [0.5, 0.6) is 5.75 Å². The van der Waals surface area contributed by atoms with Gasteiger partial charge >= 0.3 is 0 Å². The van der Waals surface area contributed by atoms with E-state index in [9.17, 15) is 19.2 Å². The molecule has 1 fully saturated rings. The standard InChI is InChI=1S/C21H21N3O6S/c1-29-15-6-4-14(5-7-15)13-17-20(27)24(21(28)31-17)11-10-22-18(25)8-9-23-19(26)16-3-2-12-30-16/h2-7,12-13H,8-11H2,1H3,(H,22,25)(H,23,26)/b17-13-. The highest BCUT2D eigenvalue weighted by Gasteiger charge is 2.34. The lowest BCUT2D eigenvalue weighted by molar-refractivity contribution is -0.124. The van der Waals surface area contributed by atoms with Crippen LogP contribution in [0.25, 0.3) is 6.08 Å². The van der Waals surface area contributed by atoms with E-state index in [-0.39, 0.29) is 43.0 Å². The Hall–Kier alpha value is -3.53. The summed E-state index contributed by atoms with van der Waals surface area (Å²) in [5.41, 5.74) is 0.774. The molecule has 2 heterocycles. The van der Waals surface area contributed by atoms with Crippen LogP contribution in [0.1, 0.15) is 22.5 Å². The SMILES string of the molecule is COc1ccc(/C=C2\SC(=O)N(CCNC(=O)CCNC(=O)c3ccco3)C2=O)cc1. The number of rotatable bonds is 9. The van der Waals surface area contributed by atoms with Gasteiger partial charge < -0.3 is 19.8 Å². The monoisotopic (exact) mass is 443 g/mol. The highest BCUT2D eigenvalue weighted by molar-refractivity contribution is 8.18. The molecule has 0 radical (unpaired) electrons. The summed E-state index contributed by atoms with van der Waals surface area (Å²) in [6.07, 6.45) is 3.09. The minimum absolute atomic E-state index is 0.0612. The quantitative estimate of drug-likeness (QED) is 0.571. The van der Waals surface area contributed by atoms with E-state index in [2.05, 4.69) is 10.6 Å². The molecule has 0 aliphatic carbocycles. The summed E-state index contributed by atoms with van der Waals surface area (Å²) in [4.78, 5) is 49.7. The predicted octanol–water partition coefficient (Wildman–Crippen LogP) is 2.26. The minimum Gasteiger partial charge on any atom is -0.497 e. The molecule has 1 aliphatic heterocycles. The van der Waals surface area contributed by atoms with Crippen molar-refractivity contribution in [2.75, 3.05) is 26.7 Å². The van der Waals surface area contributed by atoms with E-state index >= 15 is 0 Å². The number of hydrogen-bond donors (Lipinski definition) is 2. The molecule has 10 heteroatoms. The number of hydrogen-bond acceptors (Lipinski definition) is 7. The Morgan fingerprint density at radius 1 is 1.13 bits per heavy atom. The van der Waals surface area contributed by atoms with Crippen LogP contribution in [-0.2, 0) is 9.59 Å². The Balaban J connectivity index is 1.42. The van der Waals surface area contributed by atoms with Crippen LogP contribution < -0.4 is 15.4 Å². The van der Waals surface area contributed by atoms with Crippen LogP contribution in [-0.4, -0.2) is 54.6 Å². The number of carbonyl (C=O) groups excluding carboxylic acids is 4. The fourth-order valence-corrected chi connectivity index (χ4v) is 3.59. The van der Waals surface area contributed by atoms with Gasteiger partial charge in [0, 0.05) is 26.1 Å². The highest BCUT2D eigenvalue weighted by atomic mass is 32.2. The van der Waals surface area contributed by atoms with Gasteiger partial charge in [-0.3, -0.25) is 24.1 Å². The fourth-order valence-electron chi connectivity index (χ4n) is 2.72. The van der Waals surface area contributed by atoms with Crippen LogP contribution >= 0.6 is 11.8 Å². The Labute approximate surface area is 182 Å². The highest BCUT2D eigenvalue weighted by Crippen LogP contribution is 2.32. The molecule has 162 valence electrons. The van der Waals surface area contributed by atoms with Gasteiger partial charge in [0.15, 0.2) is 5.76 Å². The van der Waals surface area contributed by atoms with Gasteiger partial charge in [-0.25, -0.2) is 0 Å². The molecule has 2 aromatic rings. The van der Waals surface area contributed by atoms with E-state index in [1.165, 1.54) is 12.3 Å². The van der Waals surface area contributed by atoms with Gasteiger partial charge in [0.2, 0.25) is 5.91 Å². The number of ether oxygens (including phenoxy) is 1. The van der Waals surface area contributed by atoms with Gasteiger partial charge in [-0.1, -0.05) is 12.1 Å². The van der Waals surface area contributed by atoms with Crippen molar-refractivity contribution in [2.24, 2.45) is 0 Å². The second-order valence-electron chi connectivity index (χ2n) is 6.44. The largest absolute Gasteiger partial charge is 0.497 e. The molecule has 1 aliphatic rings. The molecule has 0 bridgehead atoms. The van der Waals surface area contributed by atoms with Crippen molar-refractivity contribution in [1.82, 2.24) is 15.5 Å². The molecule has 1 saturated heterocycles. The number of benzene rings is 1. The van der Waals surface area contributed by atoms with Crippen LogP contribution in [0.3, 0.4) is 0 Å². The van der Waals surface area contributed by atoms with Crippen molar-refractivity contribution >= 4 is 40.8 Å². The molecule has 4 amide bonds. The molecule has 2 N–H and O–H groups in total. The fraction of sp³-hybridized carbons (Fsp3) is 0.238. The van der Waals surface area contributed by atoms with Crippen molar-refractivity contribution in [1.29, 1.82) is 0 Å². The summed E-state index contributed by atoms with van der Waals surface area (Å²) in [6.45, 7) is 0.325. The van der Waals surface area contributed by atoms with Gasteiger partial charge in [0.1, 0.15) is 5.75 Å². The van der Waals surface area contributed by atoms with Crippen molar-refractivity contribution in [3.63, 3.8) is 0 Å².